The van der Waals surface area contributed by atoms with Crippen molar-refractivity contribution >= 4 is 22.9 Å². The Morgan fingerprint density at radius 3 is 2.68 bits per heavy atom. The lowest BCUT2D eigenvalue weighted by Crippen LogP contribution is -2.50. The molecule has 1 saturated carbocycles. The van der Waals surface area contributed by atoms with E-state index in [4.69, 9.17) is 11.3 Å². The number of hydrogen-bond acceptors (Lipinski definition) is 5. The number of thiazole rings is 1. The molecular weight excluding hydrogens is 408 g/mol. The Balaban J connectivity index is 1.76. The maximum atomic E-state index is 12.9. The topological polar surface area (TPSA) is 58.8 Å². The lowest BCUT2D eigenvalue weighted by molar-refractivity contribution is 0.0903. The monoisotopic (exact) mass is 440 g/mol. The molecule has 0 aliphatic heterocycles. The molecule has 6 nitrogen and oxygen atoms in total. The van der Waals surface area contributed by atoms with E-state index in [9.17, 15) is 4.79 Å². The van der Waals surface area contributed by atoms with Gasteiger partial charge in [0.1, 0.15) is 15.6 Å². The van der Waals surface area contributed by atoms with Gasteiger partial charge < -0.3 is 15.0 Å². The second-order valence-corrected chi connectivity index (χ2v) is 9.94. The molecule has 1 heterocycles. The van der Waals surface area contributed by atoms with Gasteiger partial charge in [-0.3, -0.25) is 4.79 Å². The van der Waals surface area contributed by atoms with Gasteiger partial charge in [0.25, 0.3) is 5.91 Å². The number of rotatable bonds is 8. The van der Waals surface area contributed by atoms with Crippen LogP contribution >= 0.6 is 11.3 Å². The number of hydrogen-bond donors (Lipinski definition) is 1. The lowest BCUT2D eigenvalue weighted by atomic mass is 9.96. The van der Waals surface area contributed by atoms with Crippen LogP contribution in [0.2, 0.25) is 0 Å². The van der Waals surface area contributed by atoms with Crippen LogP contribution in [0.15, 0.2) is 18.2 Å². The van der Waals surface area contributed by atoms with Crippen LogP contribution in [0.25, 0.3) is 15.4 Å². The van der Waals surface area contributed by atoms with Gasteiger partial charge in [-0.25, -0.2) is 9.83 Å². The predicted octanol–water partition coefficient (Wildman–Crippen LogP) is 5.31. The Labute approximate surface area is 189 Å². The minimum atomic E-state index is -0.0725. The fourth-order valence-corrected chi connectivity index (χ4v) is 4.97. The smallest absolute Gasteiger partial charge is 0.263 e. The summed E-state index contributed by atoms with van der Waals surface area (Å²) in [5.74, 6) is 0.901. The average Bonchev–Trinajstić information content (AvgIpc) is 3.38. The highest BCUT2D eigenvalue weighted by Gasteiger charge is 2.36. The molecule has 0 bridgehead atoms. The molecule has 1 amide bonds. The maximum Gasteiger partial charge on any atom is 0.263 e. The molecule has 0 spiro atoms. The van der Waals surface area contributed by atoms with E-state index in [1.807, 2.05) is 19.1 Å². The molecular formula is C24H32N4O2S. The second-order valence-electron chi connectivity index (χ2n) is 8.94. The van der Waals surface area contributed by atoms with Crippen LogP contribution < -0.4 is 10.1 Å². The van der Waals surface area contributed by atoms with Crippen molar-refractivity contribution in [2.24, 2.45) is 5.92 Å². The quantitative estimate of drug-likeness (QED) is 0.565. The zero-order chi connectivity index (χ0) is 22.6. The highest BCUT2D eigenvalue weighted by Crippen LogP contribution is 2.36. The molecule has 1 N–H and O–H groups in total. The summed E-state index contributed by atoms with van der Waals surface area (Å²) in [6.07, 6.45) is 4.63. The summed E-state index contributed by atoms with van der Waals surface area (Å²) in [7, 11) is 4.19. The fraction of sp³-hybridized carbons (Fsp3) is 0.542. The Morgan fingerprint density at radius 2 is 2.06 bits per heavy atom. The summed E-state index contributed by atoms with van der Waals surface area (Å²) in [5, 5.41) is 3.89. The van der Waals surface area contributed by atoms with Crippen molar-refractivity contribution in [3.8, 4) is 16.3 Å². The van der Waals surface area contributed by atoms with Crippen molar-refractivity contribution < 1.29 is 9.53 Å². The Kier molecular flexibility index (Phi) is 7.34. The first-order valence-corrected chi connectivity index (χ1v) is 11.6. The van der Waals surface area contributed by atoms with Crippen LogP contribution in [-0.2, 0) is 0 Å². The molecule has 3 rings (SSSR count). The van der Waals surface area contributed by atoms with Gasteiger partial charge >= 0.3 is 0 Å². The summed E-state index contributed by atoms with van der Waals surface area (Å²) in [5.41, 5.74) is 2.06. The summed E-state index contributed by atoms with van der Waals surface area (Å²) >= 11 is 1.37. The number of nitrogens with zero attached hydrogens (tertiary/aromatic N) is 3. The molecule has 0 radical (unpaired) electrons. The van der Waals surface area contributed by atoms with Crippen molar-refractivity contribution in [3.05, 3.63) is 40.2 Å². The second kappa shape index (κ2) is 9.80. The number of aryl methyl sites for hydroxylation is 1. The first kappa shape index (κ1) is 23.2. The van der Waals surface area contributed by atoms with E-state index < -0.39 is 0 Å². The summed E-state index contributed by atoms with van der Waals surface area (Å²) in [4.78, 5) is 24.0. The van der Waals surface area contributed by atoms with Gasteiger partial charge in [-0.2, -0.15) is 0 Å². The van der Waals surface area contributed by atoms with E-state index in [-0.39, 0.29) is 11.4 Å². The van der Waals surface area contributed by atoms with Gasteiger partial charge in [0.05, 0.1) is 18.9 Å². The van der Waals surface area contributed by atoms with E-state index in [1.54, 1.807) is 6.07 Å². The number of aromatic nitrogens is 1. The van der Waals surface area contributed by atoms with Gasteiger partial charge in [0.15, 0.2) is 0 Å². The minimum Gasteiger partial charge on any atom is -0.504 e. The van der Waals surface area contributed by atoms with Crippen molar-refractivity contribution in [1.82, 2.24) is 15.2 Å². The molecule has 0 saturated heterocycles. The number of nitrogens with one attached hydrogen (secondary N) is 1. The number of ether oxygens (including phenoxy) is 1. The van der Waals surface area contributed by atoms with E-state index in [1.165, 1.54) is 24.2 Å². The number of carbonyl (C=O) groups excluding carboxylic acids is 1. The Bertz CT molecular complexity index is 968. The lowest BCUT2D eigenvalue weighted by Gasteiger charge is -2.36. The first-order valence-electron chi connectivity index (χ1n) is 10.8. The van der Waals surface area contributed by atoms with Crippen LogP contribution in [0.4, 0.5) is 5.69 Å². The number of carbonyl (C=O) groups is 1. The van der Waals surface area contributed by atoms with Crippen molar-refractivity contribution in [3.63, 3.8) is 0 Å². The number of likely N-dealkylation sites (N-methyl/N-ethyl adjacent to an activating group) is 1. The summed E-state index contributed by atoms with van der Waals surface area (Å²) < 4.78 is 5.76. The van der Waals surface area contributed by atoms with E-state index in [2.05, 4.69) is 48.0 Å². The zero-order valence-corrected chi connectivity index (χ0v) is 19.9. The Morgan fingerprint density at radius 1 is 1.35 bits per heavy atom. The molecule has 1 fully saturated rings. The van der Waals surface area contributed by atoms with Gasteiger partial charge in [-0.05, 0) is 51.9 Å². The summed E-state index contributed by atoms with van der Waals surface area (Å²) in [6.45, 7) is 14.7. The van der Waals surface area contributed by atoms with Gasteiger partial charge in [-0.1, -0.05) is 32.8 Å². The van der Waals surface area contributed by atoms with Crippen LogP contribution in [0.3, 0.4) is 0 Å². The first-order chi connectivity index (χ1) is 14.8. The molecule has 2 aromatic rings. The van der Waals surface area contributed by atoms with E-state index >= 15 is 0 Å². The molecule has 0 atom stereocenters. The van der Waals surface area contributed by atoms with Gasteiger partial charge in [-0.15, -0.1) is 11.3 Å². The zero-order valence-electron chi connectivity index (χ0n) is 19.1. The molecule has 7 heteroatoms. The highest BCUT2D eigenvalue weighted by molar-refractivity contribution is 7.17. The average molecular weight is 441 g/mol. The normalized spacial score (nSPS) is 15.3. The van der Waals surface area contributed by atoms with Gasteiger partial charge in [0, 0.05) is 17.6 Å². The largest absolute Gasteiger partial charge is 0.504 e. The standard InChI is InChI=1S/C24H32N4O2S/c1-16(2)14-30-20-10-9-18(13-19(20)25-4)23-27-17(3)21(31-23)22(29)26-15-24(28(5)6)11-7-8-12-24/h9-10,13,16H,7-8,11-12,14-15H2,1-3,5-6H3,(H,26,29). The molecule has 166 valence electrons. The highest BCUT2D eigenvalue weighted by atomic mass is 32.1. The molecule has 1 aromatic carbocycles. The third-order valence-electron chi connectivity index (χ3n) is 5.96. The molecule has 1 aliphatic rings. The van der Waals surface area contributed by atoms with Crippen molar-refractivity contribution in [2.45, 2.75) is 52.0 Å². The van der Waals surface area contributed by atoms with Crippen molar-refractivity contribution in [2.75, 3.05) is 27.2 Å². The predicted molar refractivity (Wildman–Crippen MR) is 126 cm³/mol. The minimum absolute atomic E-state index is 0.0490. The van der Waals surface area contributed by atoms with Crippen LogP contribution in [0.5, 0.6) is 5.75 Å². The maximum absolute atomic E-state index is 12.9. The SMILES string of the molecule is [C-]#[N+]c1cc(-c2nc(C)c(C(=O)NCC3(N(C)C)CCCC3)s2)ccc1OCC(C)C. The fourth-order valence-electron chi connectivity index (χ4n) is 3.99. The van der Waals surface area contributed by atoms with E-state index in [0.717, 1.165) is 23.4 Å². The number of benzene rings is 1. The summed E-state index contributed by atoms with van der Waals surface area (Å²) in [6, 6.07) is 5.52. The molecule has 1 aliphatic carbocycles. The third-order valence-corrected chi connectivity index (χ3v) is 7.17. The van der Waals surface area contributed by atoms with Crippen LogP contribution in [0.1, 0.15) is 54.9 Å². The van der Waals surface area contributed by atoms with Gasteiger partial charge in [0.2, 0.25) is 5.69 Å². The molecule has 0 unspecified atom stereocenters. The van der Waals surface area contributed by atoms with Crippen LogP contribution in [0, 0.1) is 19.4 Å². The molecule has 1 aromatic heterocycles. The third kappa shape index (κ3) is 5.25. The number of amides is 1. The van der Waals surface area contributed by atoms with E-state index in [0.29, 0.717) is 41.1 Å². The van der Waals surface area contributed by atoms with Crippen molar-refractivity contribution in [1.29, 1.82) is 0 Å². The molecule has 31 heavy (non-hydrogen) atoms. The van der Waals surface area contributed by atoms with Crippen LogP contribution in [-0.4, -0.2) is 48.6 Å². The Hall–Kier alpha value is -2.43.